The molecule has 0 aliphatic carbocycles. The quantitative estimate of drug-likeness (QED) is 0.350. The van der Waals surface area contributed by atoms with E-state index >= 15 is 0 Å². The monoisotopic (exact) mass is 340 g/mol. The van der Waals surface area contributed by atoms with Crippen LogP contribution in [0.5, 0.6) is 0 Å². The first-order valence-electron chi connectivity index (χ1n) is 6.94. The van der Waals surface area contributed by atoms with Gasteiger partial charge in [0.2, 0.25) is 0 Å². The molecule has 3 rings (SSSR count). The van der Waals surface area contributed by atoms with Crippen molar-refractivity contribution in [3.63, 3.8) is 0 Å². The molecule has 0 spiro atoms. The van der Waals surface area contributed by atoms with Crippen LogP contribution in [-0.2, 0) is 0 Å². The standard InChI is InChI=1S/C18H10F6/c19-17(20,21)10-16(18(22,23)24)15-9-11-5-1-2-6-12(11)13-7-3-4-8-14(13)15/h1-10H/b16-10+. The summed E-state index contributed by atoms with van der Waals surface area (Å²) in [5.41, 5.74) is -2.17. The summed E-state index contributed by atoms with van der Waals surface area (Å²) in [4.78, 5) is 0. The van der Waals surface area contributed by atoms with Gasteiger partial charge in [-0.1, -0.05) is 48.5 Å². The highest BCUT2D eigenvalue weighted by Crippen LogP contribution is 2.41. The van der Waals surface area contributed by atoms with E-state index in [2.05, 4.69) is 0 Å². The Bertz CT molecular complexity index is 932. The van der Waals surface area contributed by atoms with Crippen LogP contribution in [0.1, 0.15) is 5.56 Å². The molecular formula is C18H10F6. The lowest BCUT2D eigenvalue weighted by atomic mass is 9.92. The zero-order valence-corrected chi connectivity index (χ0v) is 12.0. The highest BCUT2D eigenvalue weighted by atomic mass is 19.4. The summed E-state index contributed by atoms with van der Waals surface area (Å²) in [5, 5.41) is 1.74. The molecule has 0 bridgehead atoms. The molecule has 0 aliphatic rings. The van der Waals surface area contributed by atoms with Crippen LogP contribution in [0, 0.1) is 0 Å². The van der Waals surface area contributed by atoms with Crippen LogP contribution in [0.4, 0.5) is 26.3 Å². The van der Waals surface area contributed by atoms with Gasteiger partial charge < -0.3 is 0 Å². The van der Waals surface area contributed by atoms with Gasteiger partial charge >= 0.3 is 12.4 Å². The first kappa shape index (κ1) is 16.4. The Balaban J connectivity index is 2.44. The number of benzene rings is 3. The van der Waals surface area contributed by atoms with E-state index in [1.807, 2.05) is 0 Å². The number of fused-ring (bicyclic) bond motifs is 3. The minimum Gasteiger partial charge on any atom is -0.167 e. The van der Waals surface area contributed by atoms with Gasteiger partial charge in [0.15, 0.2) is 0 Å². The summed E-state index contributed by atoms with van der Waals surface area (Å²) in [5.74, 6) is 0. The minimum absolute atomic E-state index is 0.129. The van der Waals surface area contributed by atoms with Crippen LogP contribution >= 0.6 is 0 Å². The highest BCUT2D eigenvalue weighted by Gasteiger charge is 2.40. The maximum Gasteiger partial charge on any atom is 0.417 e. The van der Waals surface area contributed by atoms with Gasteiger partial charge in [-0.3, -0.25) is 0 Å². The van der Waals surface area contributed by atoms with Gasteiger partial charge in [0.1, 0.15) is 0 Å². The van der Waals surface area contributed by atoms with E-state index in [0.717, 1.165) is 6.07 Å². The van der Waals surface area contributed by atoms with Crippen molar-refractivity contribution >= 4 is 27.1 Å². The predicted octanol–water partition coefficient (Wildman–Crippen LogP) is 6.50. The van der Waals surface area contributed by atoms with Crippen LogP contribution in [0.15, 0.2) is 60.7 Å². The molecule has 0 N–H and O–H groups in total. The number of allylic oxidation sites excluding steroid dienone is 2. The topological polar surface area (TPSA) is 0 Å². The van der Waals surface area contributed by atoms with Crippen LogP contribution in [-0.4, -0.2) is 12.4 Å². The fraction of sp³-hybridized carbons (Fsp3) is 0.111. The third kappa shape index (κ3) is 3.09. The first-order valence-corrected chi connectivity index (χ1v) is 6.94. The molecule has 3 aromatic carbocycles. The van der Waals surface area contributed by atoms with Crippen LogP contribution in [0.25, 0.3) is 27.1 Å². The Morgan fingerprint density at radius 1 is 0.708 bits per heavy atom. The molecule has 6 heteroatoms. The third-order valence-electron chi connectivity index (χ3n) is 3.67. The summed E-state index contributed by atoms with van der Waals surface area (Å²) >= 11 is 0. The Morgan fingerprint density at radius 3 is 1.83 bits per heavy atom. The number of rotatable bonds is 1. The molecule has 0 nitrogen and oxygen atoms in total. The molecule has 0 heterocycles. The van der Waals surface area contributed by atoms with Crippen molar-refractivity contribution < 1.29 is 26.3 Å². The lowest BCUT2D eigenvalue weighted by Crippen LogP contribution is -2.15. The Morgan fingerprint density at radius 2 is 1.25 bits per heavy atom. The van der Waals surface area contributed by atoms with Crippen LogP contribution < -0.4 is 0 Å². The molecule has 0 amide bonds. The van der Waals surface area contributed by atoms with Gasteiger partial charge in [0, 0.05) is 6.08 Å². The van der Waals surface area contributed by atoms with Crippen molar-refractivity contribution in [2.24, 2.45) is 0 Å². The maximum absolute atomic E-state index is 13.3. The van der Waals surface area contributed by atoms with Crippen molar-refractivity contribution in [1.29, 1.82) is 0 Å². The molecule has 0 fully saturated rings. The molecule has 0 unspecified atom stereocenters. The van der Waals surface area contributed by atoms with Gasteiger partial charge in [0.25, 0.3) is 0 Å². The molecule has 0 saturated carbocycles. The smallest absolute Gasteiger partial charge is 0.167 e. The second-order valence-electron chi connectivity index (χ2n) is 5.29. The van der Waals surface area contributed by atoms with E-state index in [9.17, 15) is 26.3 Å². The predicted molar refractivity (Wildman–Crippen MR) is 81.5 cm³/mol. The fourth-order valence-corrected chi connectivity index (χ4v) is 2.75. The Labute approximate surface area is 133 Å². The average Bonchev–Trinajstić information content (AvgIpc) is 2.50. The van der Waals surface area contributed by atoms with Crippen LogP contribution in [0.3, 0.4) is 0 Å². The van der Waals surface area contributed by atoms with Gasteiger partial charge in [-0.25, -0.2) is 0 Å². The van der Waals surface area contributed by atoms with Gasteiger partial charge in [-0.15, -0.1) is 0 Å². The van der Waals surface area contributed by atoms with Crippen molar-refractivity contribution in [3.05, 3.63) is 66.2 Å². The lowest BCUT2D eigenvalue weighted by molar-refractivity contribution is -0.0910. The summed E-state index contributed by atoms with van der Waals surface area (Å²) in [6, 6.07) is 13.9. The molecule has 124 valence electrons. The Hall–Kier alpha value is -2.50. The van der Waals surface area contributed by atoms with Crippen molar-refractivity contribution in [1.82, 2.24) is 0 Å². The van der Waals surface area contributed by atoms with Crippen molar-refractivity contribution in [2.75, 3.05) is 0 Å². The molecule has 3 aromatic rings. The van der Waals surface area contributed by atoms with E-state index in [0.29, 0.717) is 16.2 Å². The highest BCUT2D eigenvalue weighted by molar-refractivity contribution is 6.12. The average molecular weight is 340 g/mol. The third-order valence-corrected chi connectivity index (χ3v) is 3.67. The summed E-state index contributed by atoms with van der Waals surface area (Å²) in [7, 11) is 0. The lowest BCUT2D eigenvalue weighted by Gasteiger charge is -2.17. The Kier molecular flexibility index (Phi) is 3.78. The molecule has 0 aliphatic heterocycles. The molecule has 0 saturated heterocycles. The van der Waals surface area contributed by atoms with Crippen LogP contribution in [0.2, 0.25) is 0 Å². The van der Waals surface area contributed by atoms with E-state index < -0.39 is 29.6 Å². The molecule has 0 aromatic heterocycles. The maximum atomic E-state index is 13.3. The molecule has 24 heavy (non-hydrogen) atoms. The SMILES string of the molecule is FC(F)(F)/C=C(\c1cc2ccccc2c2ccccc12)C(F)(F)F. The summed E-state index contributed by atoms with van der Waals surface area (Å²) < 4.78 is 77.9. The minimum atomic E-state index is -5.12. The van der Waals surface area contributed by atoms with Gasteiger partial charge in [-0.2, -0.15) is 26.3 Å². The second-order valence-corrected chi connectivity index (χ2v) is 5.29. The number of halogens is 6. The number of alkyl halides is 6. The largest absolute Gasteiger partial charge is 0.417 e. The fourth-order valence-electron chi connectivity index (χ4n) is 2.75. The molecular weight excluding hydrogens is 330 g/mol. The number of hydrogen-bond donors (Lipinski definition) is 0. The van der Waals surface area contributed by atoms with Crippen molar-refractivity contribution in [2.45, 2.75) is 12.4 Å². The van der Waals surface area contributed by atoms with Crippen molar-refractivity contribution in [3.8, 4) is 0 Å². The first-order chi connectivity index (χ1) is 11.2. The zero-order chi connectivity index (χ0) is 17.5. The van der Waals surface area contributed by atoms with E-state index in [1.165, 1.54) is 12.1 Å². The molecule has 0 atom stereocenters. The van der Waals surface area contributed by atoms with E-state index in [1.54, 1.807) is 36.4 Å². The second kappa shape index (κ2) is 5.54. The van der Waals surface area contributed by atoms with E-state index in [-0.39, 0.29) is 5.39 Å². The molecule has 0 radical (unpaired) electrons. The zero-order valence-electron chi connectivity index (χ0n) is 12.0. The summed E-state index contributed by atoms with van der Waals surface area (Å²) in [6.07, 6.45) is -10.9. The van der Waals surface area contributed by atoms with Gasteiger partial charge in [0.05, 0.1) is 5.57 Å². The van der Waals surface area contributed by atoms with E-state index in [4.69, 9.17) is 0 Å². The normalized spacial score (nSPS) is 13.7. The summed E-state index contributed by atoms with van der Waals surface area (Å²) in [6.45, 7) is 0. The number of hydrogen-bond acceptors (Lipinski definition) is 0. The van der Waals surface area contributed by atoms with Gasteiger partial charge in [-0.05, 0) is 33.2 Å².